The monoisotopic (exact) mass is 406 g/mol. The van der Waals surface area contributed by atoms with Crippen molar-refractivity contribution in [3.8, 4) is 11.5 Å². The van der Waals surface area contributed by atoms with E-state index in [0.29, 0.717) is 21.8 Å². The number of hydrazone groups is 1. The van der Waals surface area contributed by atoms with Crippen LogP contribution >= 0.6 is 15.9 Å². The van der Waals surface area contributed by atoms with Gasteiger partial charge in [-0.2, -0.15) is 5.10 Å². The van der Waals surface area contributed by atoms with Gasteiger partial charge in [-0.05, 0) is 45.8 Å². The minimum absolute atomic E-state index is 0.0728. The van der Waals surface area contributed by atoms with Crippen LogP contribution in [0.25, 0.3) is 0 Å². The number of benzene rings is 1. The van der Waals surface area contributed by atoms with E-state index in [0.717, 1.165) is 5.56 Å². The van der Waals surface area contributed by atoms with Crippen molar-refractivity contribution in [2.24, 2.45) is 5.10 Å². The summed E-state index contributed by atoms with van der Waals surface area (Å²) in [5, 5.41) is 4.14. The number of hydrogen-bond acceptors (Lipinski definition) is 6. The summed E-state index contributed by atoms with van der Waals surface area (Å²) in [7, 11) is 4.88. The maximum atomic E-state index is 11.7. The van der Waals surface area contributed by atoms with E-state index in [1.807, 2.05) is 24.3 Å². The van der Waals surface area contributed by atoms with Crippen LogP contribution in [-0.4, -0.2) is 49.8 Å². The molecule has 1 amide bonds. The van der Waals surface area contributed by atoms with Gasteiger partial charge in [0, 0.05) is 20.3 Å². The third-order valence-corrected chi connectivity index (χ3v) is 3.74. The van der Waals surface area contributed by atoms with Gasteiger partial charge < -0.3 is 14.4 Å². The largest absolute Gasteiger partial charge is 0.493 e. The summed E-state index contributed by atoms with van der Waals surface area (Å²) in [6.45, 7) is -0.0728. The second-order valence-electron chi connectivity index (χ2n) is 5.20. The summed E-state index contributed by atoms with van der Waals surface area (Å²) in [4.78, 5) is 17.3. The molecule has 1 N–H and O–H groups in total. The second kappa shape index (κ2) is 9.03. The number of carbonyl (C=O) groups is 1. The van der Waals surface area contributed by atoms with E-state index < -0.39 is 0 Å². The predicted molar refractivity (Wildman–Crippen MR) is 100 cm³/mol. The van der Waals surface area contributed by atoms with E-state index >= 15 is 0 Å². The molecule has 0 spiro atoms. The van der Waals surface area contributed by atoms with E-state index in [9.17, 15) is 4.79 Å². The lowest BCUT2D eigenvalue weighted by Gasteiger charge is -2.15. The summed E-state index contributed by atoms with van der Waals surface area (Å²) in [5.41, 5.74) is 3.63. The Balaban J connectivity index is 2.11. The molecule has 0 bridgehead atoms. The van der Waals surface area contributed by atoms with E-state index in [1.54, 1.807) is 32.6 Å². The lowest BCUT2D eigenvalue weighted by atomic mass is 10.2. The SMILES string of the molecule is COc1cc(/C=N/Nc2ccccn2)cc(Br)c1OCC(=O)N(C)C. The van der Waals surface area contributed by atoms with Crippen molar-refractivity contribution >= 4 is 33.9 Å². The predicted octanol–water partition coefficient (Wildman–Crippen LogP) is 2.77. The first-order valence-corrected chi connectivity index (χ1v) is 8.21. The zero-order valence-corrected chi connectivity index (χ0v) is 15.8. The highest BCUT2D eigenvalue weighted by Crippen LogP contribution is 2.36. The van der Waals surface area contributed by atoms with Crippen molar-refractivity contribution in [2.75, 3.05) is 33.2 Å². The van der Waals surface area contributed by atoms with Crippen LogP contribution in [0.3, 0.4) is 0 Å². The number of amides is 1. The fourth-order valence-electron chi connectivity index (χ4n) is 1.82. The van der Waals surface area contributed by atoms with Crippen molar-refractivity contribution in [3.05, 3.63) is 46.6 Å². The number of hydrogen-bond donors (Lipinski definition) is 1. The number of nitrogens with one attached hydrogen (secondary N) is 1. The number of aromatic nitrogens is 1. The summed E-state index contributed by atoms with van der Waals surface area (Å²) < 4.78 is 11.6. The number of methoxy groups -OCH3 is 1. The van der Waals surface area contributed by atoms with Crippen LogP contribution in [0.1, 0.15) is 5.56 Å². The highest BCUT2D eigenvalue weighted by atomic mass is 79.9. The smallest absolute Gasteiger partial charge is 0.259 e. The Morgan fingerprint density at radius 2 is 2.20 bits per heavy atom. The molecule has 2 rings (SSSR count). The zero-order valence-electron chi connectivity index (χ0n) is 14.2. The number of pyridine rings is 1. The zero-order chi connectivity index (χ0) is 18.2. The number of nitrogens with zero attached hydrogens (tertiary/aromatic N) is 3. The number of likely N-dealkylation sites (N-methyl/N-ethyl adjacent to an activating group) is 1. The molecule has 7 nitrogen and oxygen atoms in total. The van der Waals surface area contributed by atoms with Crippen molar-refractivity contribution in [3.63, 3.8) is 0 Å². The molecule has 0 atom stereocenters. The van der Waals surface area contributed by atoms with Crippen LogP contribution < -0.4 is 14.9 Å². The summed E-state index contributed by atoms with van der Waals surface area (Å²) >= 11 is 3.44. The molecule has 0 aliphatic carbocycles. The van der Waals surface area contributed by atoms with E-state index in [1.165, 1.54) is 12.0 Å². The topological polar surface area (TPSA) is 76.0 Å². The number of anilines is 1. The fraction of sp³-hybridized carbons (Fsp3) is 0.235. The van der Waals surface area contributed by atoms with Crippen LogP contribution in [0.5, 0.6) is 11.5 Å². The molecule has 0 saturated carbocycles. The number of ether oxygens (including phenoxy) is 2. The lowest BCUT2D eigenvalue weighted by molar-refractivity contribution is -0.130. The molecular weight excluding hydrogens is 388 g/mol. The molecule has 1 aromatic carbocycles. The normalized spacial score (nSPS) is 10.6. The third-order valence-electron chi connectivity index (χ3n) is 3.15. The molecule has 132 valence electrons. The summed E-state index contributed by atoms with van der Waals surface area (Å²) in [6.07, 6.45) is 3.31. The Labute approximate surface area is 154 Å². The van der Waals surface area contributed by atoms with Gasteiger partial charge in [-0.15, -0.1) is 0 Å². The first-order valence-electron chi connectivity index (χ1n) is 7.42. The summed E-state index contributed by atoms with van der Waals surface area (Å²) in [6, 6.07) is 9.10. The molecule has 2 aromatic rings. The standard InChI is InChI=1S/C17H19BrN4O3/c1-22(2)16(23)11-25-17-13(18)8-12(9-14(17)24-3)10-20-21-15-6-4-5-7-19-15/h4-10H,11H2,1-3H3,(H,19,21)/b20-10+. The van der Waals surface area contributed by atoms with Crippen molar-refractivity contribution in [1.82, 2.24) is 9.88 Å². The van der Waals surface area contributed by atoms with Crippen molar-refractivity contribution in [1.29, 1.82) is 0 Å². The Morgan fingerprint density at radius 3 is 2.84 bits per heavy atom. The first-order chi connectivity index (χ1) is 12.0. The van der Waals surface area contributed by atoms with Crippen LogP contribution in [0.4, 0.5) is 5.82 Å². The minimum atomic E-state index is -0.140. The van der Waals surface area contributed by atoms with Crippen molar-refractivity contribution < 1.29 is 14.3 Å². The molecule has 0 unspecified atom stereocenters. The highest BCUT2D eigenvalue weighted by Gasteiger charge is 2.13. The van der Waals surface area contributed by atoms with Crippen LogP contribution in [0, 0.1) is 0 Å². The van der Waals surface area contributed by atoms with Gasteiger partial charge in [0.1, 0.15) is 5.82 Å². The number of rotatable bonds is 7. The average molecular weight is 407 g/mol. The van der Waals surface area contributed by atoms with Gasteiger partial charge in [0.05, 0.1) is 17.8 Å². The molecule has 8 heteroatoms. The van der Waals surface area contributed by atoms with Crippen molar-refractivity contribution in [2.45, 2.75) is 0 Å². The van der Waals surface area contributed by atoms with Gasteiger partial charge in [0.2, 0.25) is 0 Å². The maximum Gasteiger partial charge on any atom is 0.259 e. The Hall–Kier alpha value is -2.61. The molecule has 0 aliphatic rings. The van der Waals surface area contributed by atoms with Crippen LogP contribution in [0.2, 0.25) is 0 Å². The maximum absolute atomic E-state index is 11.7. The average Bonchev–Trinajstić information content (AvgIpc) is 2.61. The second-order valence-corrected chi connectivity index (χ2v) is 6.05. The molecule has 0 radical (unpaired) electrons. The van der Waals surface area contributed by atoms with Gasteiger partial charge in [-0.3, -0.25) is 10.2 Å². The minimum Gasteiger partial charge on any atom is -0.493 e. The Morgan fingerprint density at radius 1 is 1.40 bits per heavy atom. The van der Waals surface area contributed by atoms with E-state index in [4.69, 9.17) is 9.47 Å². The Bertz CT molecular complexity index is 751. The molecule has 1 aromatic heterocycles. The lowest BCUT2D eigenvalue weighted by Crippen LogP contribution is -2.27. The fourth-order valence-corrected chi connectivity index (χ4v) is 2.39. The van der Waals surface area contributed by atoms with E-state index in [-0.39, 0.29) is 12.5 Å². The van der Waals surface area contributed by atoms with Gasteiger partial charge in [-0.25, -0.2) is 4.98 Å². The highest BCUT2D eigenvalue weighted by molar-refractivity contribution is 9.10. The molecule has 0 aliphatic heterocycles. The van der Waals surface area contributed by atoms with Gasteiger partial charge >= 0.3 is 0 Å². The Kier molecular flexibility index (Phi) is 6.76. The van der Waals surface area contributed by atoms with Gasteiger partial charge in [-0.1, -0.05) is 6.07 Å². The molecule has 0 fully saturated rings. The third kappa shape index (κ3) is 5.46. The van der Waals surface area contributed by atoms with E-state index in [2.05, 4.69) is 31.4 Å². The first kappa shape index (κ1) is 18.7. The molecule has 25 heavy (non-hydrogen) atoms. The van der Waals surface area contributed by atoms with Gasteiger partial charge in [0.25, 0.3) is 5.91 Å². The molecule has 0 saturated heterocycles. The summed E-state index contributed by atoms with van der Waals surface area (Å²) in [5.74, 6) is 1.47. The molecule has 1 heterocycles. The van der Waals surface area contributed by atoms with Crippen LogP contribution in [0.15, 0.2) is 46.1 Å². The van der Waals surface area contributed by atoms with Crippen LogP contribution in [-0.2, 0) is 4.79 Å². The number of carbonyl (C=O) groups excluding carboxylic acids is 1. The van der Waals surface area contributed by atoms with Gasteiger partial charge in [0.15, 0.2) is 18.1 Å². The quantitative estimate of drug-likeness (QED) is 0.564. The molecular formula is C17H19BrN4O3. The number of halogens is 1.